The SMILES string of the molecule is OCc1cccc(-c2cncc(Nc3ccc(F)c(Cl)c3)c2)c1. The molecule has 5 heteroatoms. The van der Waals surface area contributed by atoms with Gasteiger partial charge < -0.3 is 10.4 Å². The van der Waals surface area contributed by atoms with Crippen molar-refractivity contribution in [1.82, 2.24) is 4.98 Å². The maximum Gasteiger partial charge on any atom is 0.141 e. The highest BCUT2D eigenvalue weighted by Gasteiger charge is 2.04. The highest BCUT2D eigenvalue weighted by atomic mass is 35.5. The van der Waals surface area contributed by atoms with Crippen LogP contribution >= 0.6 is 11.6 Å². The first-order valence-electron chi connectivity index (χ1n) is 7.03. The monoisotopic (exact) mass is 328 g/mol. The number of aromatic nitrogens is 1. The van der Waals surface area contributed by atoms with Gasteiger partial charge in [0.05, 0.1) is 23.5 Å². The molecule has 3 nitrogen and oxygen atoms in total. The summed E-state index contributed by atoms with van der Waals surface area (Å²) in [5, 5.41) is 12.4. The third-order valence-corrected chi connectivity index (χ3v) is 3.68. The van der Waals surface area contributed by atoms with E-state index >= 15 is 0 Å². The normalized spacial score (nSPS) is 10.6. The average molecular weight is 329 g/mol. The minimum atomic E-state index is -0.454. The van der Waals surface area contributed by atoms with E-state index in [0.29, 0.717) is 5.69 Å². The van der Waals surface area contributed by atoms with Gasteiger partial charge in [-0.1, -0.05) is 29.8 Å². The van der Waals surface area contributed by atoms with Crippen molar-refractivity contribution in [1.29, 1.82) is 0 Å². The van der Waals surface area contributed by atoms with Crippen molar-refractivity contribution < 1.29 is 9.50 Å². The topological polar surface area (TPSA) is 45.2 Å². The van der Waals surface area contributed by atoms with E-state index in [9.17, 15) is 9.50 Å². The molecule has 0 saturated heterocycles. The van der Waals surface area contributed by atoms with Crippen molar-refractivity contribution in [3.05, 3.63) is 77.3 Å². The predicted molar refractivity (Wildman–Crippen MR) is 90.3 cm³/mol. The van der Waals surface area contributed by atoms with Crippen LogP contribution in [0.15, 0.2) is 60.9 Å². The lowest BCUT2D eigenvalue weighted by Crippen LogP contribution is -1.93. The molecular formula is C18H14ClFN2O. The summed E-state index contributed by atoms with van der Waals surface area (Å²) in [5.41, 5.74) is 4.16. The third-order valence-electron chi connectivity index (χ3n) is 3.39. The first-order chi connectivity index (χ1) is 11.2. The molecule has 23 heavy (non-hydrogen) atoms. The molecule has 2 N–H and O–H groups in total. The lowest BCUT2D eigenvalue weighted by Gasteiger charge is -2.09. The number of anilines is 2. The first-order valence-corrected chi connectivity index (χ1v) is 7.41. The van der Waals surface area contributed by atoms with Crippen LogP contribution < -0.4 is 5.32 Å². The highest BCUT2D eigenvalue weighted by molar-refractivity contribution is 6.31. The smallest absolute Gasteiger partial charge is 0.141 e. The molecule has 0 unspecified atom stereocenters. The number of benzene rings is 2. The van der Waals surface area contributed by atoms with E-state index in [1.165, 1.54) is 12.1 Å². The molecule has 3 aromatic rings. The van der Waals surface area contributed by atoms with Crippen molar-refractivity contribution in [3.63, 3.8) is 0 Å². The summed E-state index contributed by atoms with van der Waals surface area (Å²) >= 11 is 5.79. The molecule has 0 aliphatic rings. The van der Waals surface area contributed by atoms with Crippen molar-refractivity contribution in [3.8, 4) is 11.1 Å². The van der Waals surface area contributed by atoms with Crippen LogP contribution in [0.1, 0.15) is 5.56 Å². The molecule has 0 aliphatic heterocycles. The van der Waals surface area contributed by atoms with E-state index in [0.717, 1.165) is 22.4 Å². The molecule has 0 spiro atoms. The number of hydrogen-bond donors (Lipinski definition) is 2. The fraction of sp³-hybridized carbons (Fsp3) is 0.0556. The molecule has 116 valence electrons. The zero-order valence-corrected chi connectivity index (χ0v) is 12.9. The third kappa shape index (κ3) is 3.67. The van der Waals surface area contributed by atoms with E-state index in [2.05, 4.69) is 10.3 Å². The van der Waals surface area contributed by atoms with Gasteiger partial charge in [0, 0.05) is 17.4 Å². The van der Waals surface area contributed by atoms with Gasteiger partial charge in [-0.25, -0.2) is 4.39 Å². The molecule has 0 radical (unpaired) electrons. The number of nitrogens with zero attached hydrogens (tertiary/aromatic N) is 1. The molecule has 2 aromatic carbocycles. The Kier molecular flexibility index (Phi) is 4.55. The Hall–Kier alpha value is -2.43. The van der Waals surface area contributed by atoms with Crippen molar-refractivity contribution >= 4 is 23.0 Å². The molecule has 0 fully saturated rings. The minimum absolute atomic E-state index is 0.00666. The van der Waals surface area contributed by atoms with Gasteiger partial charge in [-0.05, 0) is 41.5 Å². The van der Waals surface area contributed by atoms with Crippen LogP contribution in [0.5, 0.6) is 0 Å². The number of halogens is 2. The molecule has 1 aromatic heterocycles. The molecular weight excluding hydrogens is 315 g/mol. The second-order valence-electron chi connectivity index (χ2n) is 5.07. The number of aliphatic hydroxyl groups is 1. The fourth-order valence-electron chi connectivity index (χ4n) is 2.26. The molecule has 0 bridgehead atoms. The summed E-state index contributed by atoms with van der Waals surface area (Å²) in [7, 11) is 0. The fourth-order valence-corrected chi connectivity index (χ4v) is 2.44. The molecule has 0 amide bonds. The largest absolute Gasteiger partial charge is 0.392 e. The number of hydrogen-bond acceptors (Lipinski definition) is 3. The zero-order chi connectivity index (χ0) is 16.2. The highest BCUT2D eigenvalue weighted by Crippen LogP contribution is 2.26. The summed E-state index contributed by atoms with van der Waals surface area (Å²) in [5.74, 6) is -0.454. The van der Waals surface area contributed by atoms with Crippen molar-refractivity contribution in [2.45, 2.75) is 6.61 Å². The minimum Gasteiger partial charge on any atom is -0.392 e. The Labute approximate surface area is 138 Å². The predicted octanol–water partition coefficient (Wildman–Crippen LogP) is 4.78. The number of nitrogens with one attached hydrogen (secondary N) is 1. The molecule has 0 aliphatic carbocycles. The van der Waals surface area contributed by atoms with Crippen LogP contribution in [0.3, 0.4) is 0 Å². The summed E-state index contributed by atoms with van der Waals surface area (Å²) < 4.78 is 13.2. The van der Waals surface area contributed by atoms with Crippen LogP contribution in [0.25, 0.3) is 11.1 Å². The lowest BCUT2D eigenvalue weighted by atomic mass is 10.0. The van der Waals surface area contributed by atoms with Gasteiger partial charge >= 0.3 is 0 Å². The van der Waals surface area contributed by atoms with Gasteiger partial charge in [0.15, 0.2) is 0 Å². The van der Waals surface area contributed by atoms with Gasteiger partial charge in [0.2, 0.25) is 0 Å². The van der Waals surface area contributed by atoms with Crippen molar-refractivity contribution in [2.75, 3.05) is 5.32 Å². The van der Waals surface area contributed by atoms with E-state index in [1.54, 1.807) is 18.5 Å². The first kappa shape index (κ1) is 15.5. The van der Waals surface area contributed by atoms with Crippen LogP contribution in [0.4, 0.5) is 15.8 Å². The average Bonchev–Trinajstić information content (AvgIpc) is 2.58. The Morgan fingerprint density at radius 3 is 2.65 bits per heavy atom. The molecule has 3 rings (SSSR count). The van der Waals surface area contributed by atoms with Gasteiger partial charge in [-0.3, -0.25) is 4.98 Å². The molecule has 1 heterocycles. The summed E-state index contributed by atoms with van der Waals surface area (Å²) in [6.45, 7) is -0.00666. The Bertz CT molecular complexity index is 839. The van der Waals surface area contributed by atoms with Gasteiger partial charge in [-0.2, -0.15) is 0 Å². The lowest BCUT2D eigenvalue weighted by molar-refractivity contribution is 0.282. The van der Waals surface area contributed by atoms with Crippen LogP contribution in [-0.4, -0.2) is 10.1 Å². The standard InChI is InChI=1S/C18H14ClFN2O/c19-17-8-15(4-5-18(17)20)22-16-7-14(9-21-10-16)13-3-1-2-12(6-13)11-23/h1-10,22-23H,11H2. The van der Waals surface area contributed by atoms with Gasteiger partial charge in [0.1, 0.15) is 5.82 Å². The Morgan fingerprint density at radius 1 is 1.00 bits per heavy atom. The number of pyridine rings is 1. The maximum atomic E-state index is 13.2. The zero-order valence-electron chi connectivity index (χ0n) is 12.1. The van der Waals surface area contributed by atoms with Gasteiger partial charge in [0.25, 0.3) is 0 Å². The van der Waals surface area contributed by atoms with E-state index in [-0.39, 0.29) is 11.6 Å². The quantitative estimate of drug-likeness (QED) is 0.724. The summed E-state index contributed by atoms with van der Waals surface area (Å²) in [6, 6.07) is 14.0. The van der Waals surface area contributed by atoms with Crippen LogP contribution in [0.2, 0.25) is 5.02 Å². The van der Waals surface area contributed by atoms with E-state index < -0.39 is 5.82 Å². The maximum absolute atomic E-state index is 13.2. The Balaban J connectivity index is 1.88. The molecule has 0 saturated carbocycles. The second kappa shape index (κ2) is 6.77. The second-order valence-corrected chi connectivity index (χ2v) is 5.48. The van der Waals surface area contributed by atoms with Crippen LogP contribution in [-0.2, 0) is 6.61 Å². The Morgan fingerprint density at radius 2 is 1.87 bits per heavy atom. The van der Waals surface area contributed by atoms with Crippen molar-refractivity contribution in [2.24, 2.45) is 0 Å². The summed E-state index contributed by atoms with van der Waals surface area (Å²) in [6.07, 6.45) is 3.43. The van der Waals surface area contributed by atoms with E-state index in [4.69, 9.17) is 11.6 Å². The number of aliphatic hydroxyl groups excluding tert-OH is 1. The van der Waals surface area contributed by atoms with Crippen LogP contribution in [0, 0.1) is 5.82 Å². The molecule has 0 atom stereocenters. The van der Waals surface area contributed by atoms with Gasteiger partial charge in [-0.15, -0.1) is 0 Å². The summed E-state index contributed by atoms with van der Waals surface area (Å²) in [4.78, 5) is 4.22. The number of rotatable bonds is 4. The van der Waals surface area contributed by atoms with E-state index in [1.807, 2.05) is 30.3 Å².